The van der Waals surface area contributed by atoms with E-state index >= 15 is 0 Å². The van der Waals surface area contributed by atoms with Crippen molar-refractivity contribution < 1.29 is 31.0 Å². The van der Waals surface area contributed by atoms with Gasteiger partial charge in [-0.2, -0.15) is 13.8 Å². The third kappa shape index (κ3) is 6.03. The van der Waals surface area contributed by atoms with Crippen molar-refractivity contribution in [2.75, 3.05) is 0 Å². The summed E-state index contributed by atoms with van der Waals surface area (Å²) in [7, 11) is 0. The number of hydrogen-bond acceptors (Lipinski definition) is 1. The van der Waals surface area contributed by atoms with Crippen LogP contribution in [0.3, 0.4) is 0 Å². The molecule has 0 unspecified atom stereocenters. The van der Waals surface area contributed by atoms with Crippen molar-refractivity contribution in [2.24, 2.45) is 0 Å². The summed E-state index contributed by atoms with van der Waals surface area (Å²) in [6, 6.07) is 0. The van der Waals surface area contributed by atoms with Gasteiger partial charge in [0.15, 0.2) is 5.97 Å². The summed E-state index contributed by atoms with van der Waals surface area (Å²) in [6.07, 6.45) is 0. The van der Waals surface area contributed by atoms with Crippen LogP contribution in [0.25, 0.3) is 0 Å². The van der Waals surface area contributed by atoms with E-state index in [0.717, 1.165) is 0 Å². The third-order valence-corrected chi connectivity index (χ3v) is 0.428. The normalized spacial score (nSPS) is 6.57. The summed E-state index contributed by atoms with van der Waals surface area (Å²) in [4.78, 5) is 9.66. The molecule has 0 saturated carbocycles. The number of carboxylic acid groups (broad SMARTS) is 1. The van der Waals surface area contributed by atoms with Crippen LogP contribution >= 0.6 is 0 Å². The smallest absolute Gasteiger partial charge is 0.166 e. The van der Waals surface area contributed by atoms with Crippen molar-refractivity contribution in [3.63, 3.8) is 0 Å². The zero-order chi connectivity index (χ0) is 5.15. The van der Waals surface area contributed by atoms with Crippen molar-refractivity contribution in [1.29, 1.82) is 0 Å². The van der Waals surface area contributed by atoms with Crippen LogP contribution in [-0.2, 0) is 25.9 Å². The van der Waals surface area contributed by atoms with E-state index in [4.69, 9.17) is 5.11 Å². The van der Waals surface area contributed by atoms with Crippen LogP contribution in [0.15, 0.2) is 0 Å². The Bertz CT molecular complexity index is 60.7. The van der Waals surface area contributed by atoms with Crippen LogP contribution < -0.4 is 0 Å². The van der Waals surface area contributed by atoms with E-state index in [1.807, 2.05) is 0 Å². The molecule has 42 valence electrons. The van der Waals surface area contributed by atoms with Crippen LogP contribution in [0.5, 0.6) is 0 Å². The zero-order valence-corrected chi connectivity index (χ0v) is 7.20. The molecule has 0 aliphatic heterocycles. The SMILES string of the molecule is C[C-](C)C(=O)O.[W]. The minimum absolute atomic E-state index is 0. The molecule has 0 aromatic rings. The molecule has 7 heavy (non-hydrogen) atoms. The molecule has 0 atom stereocenters. The van der Waals surface area contributed by atoms with Gasteiger partial charge in [-0.05, 0) is 0 Å². The van der Waals surface area contributed by atoms with E-state index in [-0.39, 0.29) is 21.1 Å². The van der Waals surface area contributed by atoms with E-state index in [2.05, 4.69) is 0 Å². The second-order valence-electron chi connectivity index (χ2n) is 1.31. The molecular weight excluding hydrogens is 264 g/mol. The molecule has 2 nitrogen and oxygen atoms in total. The second kappa shape index (κ2) is 4.19. The minimum atomic E-state index is -0.824. The van der Waals surface area contributed by atoms with Crippen LogP contribution in [0.2, 0.25) is 0 Å². The first-order chi connectivity index (χ1) is 2.64. The maximum Gasteiger partial charge on any atom is 0.166 e. The van der Waals surface area contributed by atoms with E-state index in [1.54, 1.807) is 13.8 Å². The largest absolute Gasteiger partial charge is 0.503 e. The van der Waals surface area contributed by atoms with E-state index in [1.165, 1.54) is 0 Å². The summed E-state index contributed by atoms with van der Waals surface area (Å²) >= 11 is 0. The Hall–Kier alpha value is 0.0283. The molecule has 0 amide bonds. The van der Waals surface area contributed by atoms with Gasteiger partial charge in [-0.25, -0.2) is 0 Å². The van der Waals surface area contributed by atoms with Gasteiger partial charge < -0.3 is 5.11 Å². The third-order valence-electron chi connectivity index (χ3n) is 0.428. The van der Waals surface area contributed by atoms with Gasteiger partial charge in [0.05, 0.1) is 0 Å². The summed E-state index contributed by atoms with van der Waals surface area (Å²) in [6.45, 7) is 3.12. The van der Waals surface area contributed by atoms with Gasteiger partial charge in [-0.1, -0.05) is 0 Å². The Morgan fingerprint density at radius 1 is 1.57 bits per heavy atom. The van der Waals surface area contributed by atoms with Gasteiger partial charge in [-0.15, -0.1) is 0 Å². The standard InChI is InChI=1S/C4H7O2.W/c1-3(2)4(5)6;/h1-2H3,(H,5,6);/q-1;. The van der Waals surface area contributed by atoms with Gasteiger partial charge >= 0.3 is 0 Å². The van der Waals surface area contributed by atoms with Crippen molar-refractivity contribution in [3.05, 3.63) is 5.92 Å². The molecular formula is C4H7O2W-. The molecule has 0 saturated heterocycles. The first-order valence-electron chi connectivity index (χ1n) is 1.68. The summed E-state index contributed by atoms with van der Waals surface area (Å²) < 4.78 is 0. The second-order valence-corrected chi connectivity index (χ2v) is 1.31. The number of aliphatic carboxylic acids is 1. The quantitative estimate of drug-likeness (QED) is 0.712. The van der Waals surface area contributed by atoms with Gasteiger partial charge in [0.1, 0.15) is 0 Å². The van der Waals surface area contributed by atoms with Gasteiger partial charge in [0.25, 0.3) is 0 Å². The Morgan fingerprint density at radius 3 is 1.71 bits per heavy atom. The Morgan fingerprint density at radius 2 is 1.71 bits per heavy atom. The maximum atomic E-state index is 9.66. The van der Waals surface area contributed by atoms with Crippen molar-refractivity contribution in [3.8, 4) is 0 Å². The molecule has 0 aliphatic rings. The Kier molecular flexibility index (Phi) is 6.05. The van der Waals surface area contributed by atoms with Crippen molar-refractivity contribution in [2.45, 2.75) is 13.8 Å². The molecule has 0 radical (unpaired) electrons. The molecule has 1 N–H and O–H groups in total. The van der Waals surface area contributed by atoms with Crippen molar-refractivity contribution >= 4 is 5.97 Å². The predicted molar refractivity (Wildman–Crippen MR) is 22.2 cm³/mol. The maximum absolute atomic E-state index is 9.66. The van der Waals surface area contributed by atoms with Gasteiger partial charge in [0.2, 0.25) is 0 Å². The average molecular weight is 271 g/mol. The topological polar surface area (TPSA) is 37.3 Å². The monoisotopic (exact) mass is 271 g/mol. The molecule has 0 fully saturated rings. The minimum Gasteiger partial charge on any atom is -0.503 e. The zero-order valence-electron chi connectivity index (χ0n) is 4.26. The Labute approximate surface area is 57.2 Å². The fourth-order valence-corrected chi connectivity index (χ4v) is 0. The molecule has 0 aromatic carbocycles. The molecule has 0 heterocycles. The molecule has 0 spiro atoms. The first kappa shape index (κ1) is 10.1. The molecule has 0 aliphatic carbocycles. The molecule has 3 heteroatoms. The number of carbonyl (C=O) groups is 1. The number of carboxylic acids is 1. The van der Waals surface area contributed by atoms with Crippen LogP contribution in [0.4, 0.5) is 0 Å². The van der Waals surface area contributed by atoms with Crippen LogP contribution in [0, 0.1) is 5.92 Å². The van der Waals surface area contributed by atoms with Crippen LogP contribution in [-0.4, -0.2) is 11.1 Å². The van der Waals surface area contributed by atoms with E-state index < -0.39 is 5.97 Å². The fraction of sp³-hybridized carbons (Fsp3) is 0.500. The summed E-state index contributed by atoms with van der Waals surface area (Å²) in [5.74, 6) is -0.398. The fourth-order valence-electron chi connectivity index (χ4n) is 0. The number of rotatable bonds is 1. The van der Waals surface area contributed by atoms with Crippen molar-refractivity contribution in [1.82, 2.24) is 0 Å². The van der Waals surface area contributed by atoms with Gasteiger partial charge in [-0.3, -0.25) is 10.7 Å². The van der Waals surface area contributed by atoms with Crippen LogP contribution in [0.1, 0.15) is 13.8 Å². The summed E-state index contributed by atoms with van der Waals surface area (Å²) in [5.41, 5.74) is 0. The molecule has 0 bridgehead atoms. The van der Waals surface area contributed by atoms with E-state index in [9.17, 15) is 4.79 Å². The summed E-state index contributed by atoms with van der Waals surface area (Å²) in [5, 5.41) is 7.95. The molecule has 0 aromatic heterocycles. The van der Waals surface area contributed by atoms with Gasteiger partial charge in [0, 0.05) is 21.1 Å². The molecule has 0 rings (SSSR count). The van der Waals surface area contributed by atoms with E-state index in [0.29, 0.717) is 5.92 Å². The Balaban J connectivity index is 0. The predicted octanol–water partition coefficient (Wildman–Crippen LogP) is 0.683. The number of hydrogen-bond donors (Lipinski definition) is 1. The first-order valence-corrected chi connectivity index (χ1v) is 1.68. The average Bonchev–Trinajstić information content (AvgIpc) is 1.36.